The lowest BCUT2D eigenvalue weighted by molar-refractivity contribution is 0.148. The molecule has 0 aromatic rings. The van der Waals surface area contributed by atoms with Gasteiger partial charge in [0.25, 0.3) is 0 Å². The Morgan fingerprint density at radius 2 is 2.15 bits per heavy atom. The Morgan fingerprint density at radius 1 is 1.62 bits per heavy atom. The summed E-state index contributed by atoms with van der Waals surface area (Å²) in [6.45, 7) is 8.89. The zero-order valence-corrected chi connectivity index (χ0v) is 9.04. The Bertz CT molecular complexity index is 162. The Kier molecular flexibility index (Phi) is 5.51. The summed E-state index contributed by atoms with van der Waals surface area (Å²) in [5.74, 6) is 2.02. The molecule has 1 rings (SSSR count). The summed E-state index contributed by atoms with van der Waals surface area (Å²) in [5, 5.41) is 0. The molecule has 0 spiro atoms. The van der Waals surface area contributed by atoms with Crippen LogP contribution in [-0.2, 0) is 4.74 Å². The number of amides is 1. The van der Waals surface area contributed by atoms with Crippen molar-refractivity contribution in [1.29, 1.82) is 0 Å². The highest BCUT2D eigenvalue weighted by molar-refractivity contribution is 5.64. The molecular weight excluding hydrogens is 166 g/mol. The van der Waals surface area contributed by atoms with Gasteiger partial charge in [0.1, 0.15) is 0 Å². The van der Waals surface area contributed by atoms with Crippen molar-refractivity contribution in [2.24, 2.45) is 23.5 Å². The van der Waals surface area contributed by atoms with Gasteiger partial charge in [-0.05, 0) is 24.2 Å². The number of nitrogens with two attached hydrogens (primary N) is 1. The van der Waals surface area contributed by atoms with Crippen LogP contribution in [0, 0.1) is 17.8 Å². The molecule has 0 radical (unpaired) electrons. The van der Waals surface area contributed by atoms with Crippen molar-refractivity contribution in [3.63, 3.8) is 0 Å². The fraction of sp³-hybridized carbons (Fsp3) is 0.900. The fourth-order valence-corrected chi connectivity index (χ4v) is 1.47. The summed E-state index contributed by atoms with van der Waals surface area (Å²) in [4.78, 5) is 10.2. The van der Waals surface area contributed by atoms with E-state index in [1.54, 1.807) is 0 Å². The molecule has 3 heteroatoms. The van der Waals surface area contributed by atoms with Gasteiger partial charge in [-0.15, -0.1) is 0 Å². The first-order valence-corrected chi connectivity index (χ1v) is 5.03. The summed E-state index contributed by atoms with van der Waals surface area (Å²) in [6.07, 6.45) is 0.532. The minimum atomic E-state index is -0.653. The first kappa shape index (κ1) is 12.3. The lowest BCUT2D eigenvalue weighted by Gasteiger charge is -2.02. The molecule has 1 aliphatic carbocycles. The summed E-state index contributed by atoms with van der Waals surface area (Å²) in [6, 6.07) is 0. The average molecular weight is 189 g/mol. The summed E-state index contributed by atoms with van der Waals surface area (Å²) >= 11 is 0. The van der Waals surface area contributed by atoms with Gasteiger partial charge in [-0.2, -0.15) is 0 Å². The van der Waals surface area contributed by atoms with E-state index in [4.69, 9.17) is 5.73 Å². The lowest BCUT2D eigenvalue weighted by Crippen LogP contribution is -2.15. The van der Waals surface area contributed by atoms with E-state index in [0.717, 1.165) is 5.92 Å². The van der Waals surface area contributed by atoms with Gasteiger partial charge in [-0.3, -0.25) is 0 Å². The third-order valence-corrected chi connectivity index (χ3v) is 2.27. The standard InChI is InChI=1S/C8H15NO2.C2H6.H2/c1-5(2)7-3-6(7)4-11-8(9)10;1-2;/h5-7H,3-4H2,1-2H3,(H2,9,10);1-2H3;1H/t6-,7+;;/m1../s1. The van der Waals surface area contributed by atoms with Crippen LogP contribution in [0.25, 0.3) is 0 Å². The van der Waals surface area contributed by atoms with Crippen molar-refractivity contribution in [2.45, 2.75) is 34.1 Å². The minimum absolute atomic E-state index is 0. The number of hydrogen-bond donors (Lipinski definition) is 1. The number of carbonyl (C=O) groups excluding carboxylic acids is 1. The third kappa shape index (κ3) is 4.76. The van der Waals surface area contributed by atoms with Crippen LogP contribution in [0.3, 0.4) is 0 Å². The molecule has 13 heavy (non-hydrogen) atoms. The lowest BCUT2D eigenvalue weighted by atomic mass is 10.1. The largest absolute Gasteiger partial charge is 0.449 e. The van der Waals surface area contributed by atoms with E-state index in [-0.39, 0.29) is 1.43 Å². The number of carbonyl (C=O) groups is 1. The van der Waals surface area contributed by atoms with E-state index in [2.05, 4.69) is 18.6 Å². The van der Waals surface area contributed by atoms with E-state index in [1.165, 1.54) is 6.42 Å². The van der Waals surface area contributed by atoms with Gasteiger partial charge >= 0.3 is 6.09 Å². The van der Waals surface area contributed by atoms with Gasteiger partial charge in [-0.25, -0.2) is 4.79 Å². The topological polar surface area (TPSA) is 52.3 Å². The van der Waals surface area contributed by atoms with Crippen LogP contribution in [0.1, 0.15) is 35.5 Å². The van der Waals surface area contributed by atoms with Gasteiger partial charge in [0.05, 0.1) is 6.61 Å². The fourth-order valence-electron chi connectivity index (χ4n) is 1.47. The maximum atomic E-state index is 10.2. The molecule has 0 aromatic heterocycles. The van der Waals surface area contributed by atoms with Crippen LogP contribution < -0.4 is 5.73 Å². The van der Waals surface area contributed by atoms with E-state index in [0.29, 0.717) is 18.4 Å². The van der Waals surface area contributed by atoms with Gasteiger partial charge in [0, 0.05) is 1.43 Å². The quantitative estimate of drug-likeness (QED) is 0.742. The summed E-state index contributed by atoms with van der Waals surface area (Å²) in [5.41, 5.74) is 4.83. The number of rotatable bonds is 3. The van der Waals surface area contributed by atoms with Crippen LogP contribution >= 0.6 is 0 Å². The van der Waals surface area contributed by atoms with Crippen LogP contribution in [0.5, 0.6) is 0 Å². The van der Waals surface area contributed by atoms with Crippen LogP contribution in [0.15, 0.2) is 0 Å². The maximum absolute atomic E-state index is 10.2. The molecule has 80 valence electrons. The van der Waals surface area contributed by atoms with Crippen LogP contribution in [-0.4, -0.2) is 12.7 Å². The molecule has 0 saturated heterocycles. The summed E-state index contributed by atoms with van der Waals surface area (Å²) in [7, 11) is 0. The van der Waals surface area contributed by atoms with Crippen molar-refractivity contribution < 1.29 is 11.0 Å². The molecular formula is C10H23NO2. The van der Waals surface area contributed by atoms with E-state index < -0.39 is 6.09 Å². The zero-order chi connectivity index (χ0) is 10.4. The number of ether oxygens (including phenoxy) is 1. The highest BCUT2D eigenvalue weighted by Gasteiger charge is 2.39. The Hall–Kier alpha value is -0.730. The van der Waals surface area contributed by atoms with Crippen molar-refractivity contribution in [1.82, 2.24) is 0 Å². The maximum Gasteiger partial charge on any atom is 0.404 e. The molecule has 1 amide bonds. The minimum Gasteiger partial charge on any atom is -0.449 e. The molecule has 2 N–H and O–H groups in total. The highest BCUT2D eigenvalue weighted by atomic mass is 16.5. The number of primary amides is 1. The molecule has 2 atom stereocenters. The van der Waals surface area contributed by atoms with Crippen molar-refractivity contribution in [3.05, 3.63) is 0 Å². The Balaban J connectivity index is 0. The molecule has 0 heterocycles. The molecule has 1 fully saturated rings. The SMILES string of the molecule is CC.CC(C)[C@@H]1C[C@@H]1COC(N)=O.[HH]. The Labute approximate surface area is 82.1 Å². The predicted molar refractivity (Wildman–Crippen MR) is 55.4 cm³/mol. The van der Waals surface area contributed by atoms with Crippen molar-refractivity contribution >= 4 is 6.09 Å². The zero-order valence-electron chi connectivity index (χ0n) is 9.04. The van der Waals surface area contributed by atoms with E-state index >= 15 is 0 Å². The average Bonchev–Trinajstić information content (AvgIpc) is 2.83. The molecule has 1 saturated carbocycles. The second kappa shape index (κ2) is 5.84. The van der Waals surface area contributed by atoms with E-state index in [1.807, 2.05) is 13.8 Å². The Morgan fingerprint density at radius 3 is 2.46 bits per heavy atom. The molecule has 1 aliphatic rings. The smallest absolute Gasteiger partial charge is 0.404 e. The second-order valence-corrected chi connectivity index (χ2v) is 3.53. The van der Waals surface area contributed by atoms with Crippen LogP contribution in [0.2, 0.25) is 0 Å². The normalized spacial score (nSPS) is 24.7. The molecule has 0 aliphatic heterocycles. The van der Waals surface area contributed by atoms with Gasteiger partial charge in [0.2, 0.25) is 0 Å². The van der Waals surface area contributed by atoms with Gasteiger partial charge < -0.3 is 10.5 Å². The van der Waals surface area contributed by atoms with Gasteiger partial charge in [0.15, 0.2) is 0 Å². The van der Waals surface area contributed by atoms with Crippen molar-refractivity contribution in [2.75, 3.05) is 6.61 Å². The van der Waals surface area contributed by atoms with Gasteiger partial charge in [-0.1, -0.05) is 27.7 Å². The third-order valence-electron chi connectivity index (χ3n) is 2.27. The van der Waals surface area contributed by atoms with E-state index in [9.17, 15) is 4.79 Å². The highest BCUT2D eigenvalue weighted by Crippen LogP contribution is 2.43. The molecule has 0 unspecified atom stereocenters. The molecule has 3 nitrogen and oxygen atoms in total. The summed E-state index contributed by atoms with van der Waals surface area (Å²) < 4.78 is 4.69. The molecule has 0 aromatic carbocycles. The molecule has 0 bridgehead atoms. The predicted octanol–water partition coefficient (Wildman–Crippen LogP) is 2.65. The number of hydrogen-bond acceptors (Lipinski definition) is 2. The first-order chi connectivity index (χ1) is 6.11. The first-order valence-electron chi connectivity index (χ1n) is 5.03. The second-order valence-electron chi connectivity index (χ2n) is 3.53. The van der Waals surface area contributed by atoms with Crippen LogP contribution in [0.4, 0.5) is 4.79 Å². The monoisotopic (exact) mass is 189 g/mol. The van der Waals surface area contributed by atoms with Crippen molar-refractivity contribution in [3.8, 4) is 0 Å².